The van der Waals surface area contributed by atoms with Crippen molar-refractivity contribution in [2.75, 3.05) is 23.8 Å². The third kappa shape index (κ3) is 3.93. The molecule has 6 nitrogen and oxygen atoms in total. The zero-order valence-electron chi connectivity index (χ0n) is 15.4. The molecular formula is C18H27N5O. The number of hydrogen-bond donors (Lipinski definition) is 1. The molecule has 2 aromatic rings. The number of nitrogens with one attached hydrogen (secondary N) is 1. The minimum atomic E-state index is -0.248. The topological polar surface area (TPSA) is 63.1 Å². The van der Waals surface area contributed by atoms with Crippen molar-refractivity contribution in [2.24, 2.45) is 13.0 Å². The van der Waals surface area contributed by atoms with Crippen LogP contribution in [0.2, 0.25) is 0 Å². The van der Waals surface area contributed by atoms with E-state index >= 15 is 0 Å². The number of para-hydroxylation sites is 1. The van der Waals surface area contributed by atoms with E-state index in [0.717, 1.165) is 17.8 Å². The van der Waals surface area contributed by atoms with Crippen LogP contribution in [-0.2, 0) is 7.05 Å². The number of hydrogen-bond acceptors (Lipinski definition) is 4. The number of aromatic nitrogens is 3. The van der Waals surface area contributed by atoms with Gasteiger partial charge in [0.05, 0.1) is 0 Å². The third-order valence-electron chi connectivity index (χ3n) is 3.87. The molecule has 0 saturated heterocycles. The second-order valence-electron chi connectivity index (χ2n) is 6.85. The van der Waals surface area contributed by atoms with Crippen LogP contribution in [0.3, 0.4) is 0 Å². The SMILES string of the molecule is CC(C)CN(C)c1nnc(C(=O)Nc2ccccc2C(C)C)n1C. The Balaban J connectivity index is 2.21. The Labute approximate surface area is 143 Å². The van der Waals surface area contributed by atoms with E-state index < -0.39 is 0 Å². The van der Waals surface area contributed by atoms with E-state index in [1.54, 1.807) is 4.57 Å². The van der Waals surface area contributed by atoms with Crippen LogP contribution in [0.15, 0.2) is 24.3 Å². The zero-order valence-corrected chi connectivity index (χ0v) is 15.4. The summed E-state index contributed by atoms with van der Waals surface area (Å²) in [7, 11) is 3.77. The van der Waals surface area contributed by atoms with Gasteiger partial charge in [-0.05, 0) is 23.5 Å². The zero-order chi connectivity index (χ0) is 17.9. The van der Waals surface area contributed by atoms with Gasteiger partial charge in [0, 0.05) is 26.3 Å². The van der Waals surface area contributed by atoms with Crippen LogP contribution < -0.4 is 10.2 Å². The van der Waals surface area contributed by atoms with Crippen LogP contribution >= 0.6 is 0 Å². The van der Waals surface area contributed by atoms with E-state index in [1.165, 1.54) is 0 Å². The molecule has 24 heavy (non-hydrogen) atoms. The standard InChI is InChI=1S/C18H27N5O/c1-12(2)11-22(5)18-21-20-16(23(18)6)17(24)19-15-10-8-7-9-14(15)13(3)4/h7-10,12-13H,11H2,1-6H3,(H,19,24). The van der Waals surface area contributed by atoms with E-state index in [9.17, 15) is 4.79 Å². The first-order valence-electron chi connectivity index (χ1n) is 8.32. The first-order valence-corrected chi connectivity index (χ1v) is 8.32. The summed E-state index contributed by atoms with van der Waals surface area (Å²) >= 11 is 0. The number of carbonyl (C=O) groups is 1. The molecule has 0 aliphatic carbocycles. The van der Waals surface area contributed by atoms with Crippen molar-refractivity contribution in [1.29, 1.82) is 0 Å². The molecule has 0 saturated carbocycles. The summed E-state index contributed by atoms with van der Waals surface area (Å²) in [5, 5.41) is 11.2. The van der Waals surface area contributed by atoms with Gasteiger partial charge in [-0.3, -0.25) is 9.36 Å². The van der Waals surface area contributed by atoms with E-state index in [0.29, 0.717) is 23.6 Å². The molecule has 0 atom stereocenters. The normalized spacial score (nSPS) is 11.2. The molecule has 2 rings (SSSR count). The van der Waals surface area contributed by atoms with Crippen LogP contribution in [0.1, 0.15) is 49.8 Å². The lowest BCUT2D eigenvalue weighted by atomic mass is 10.0. The molecule has 1 amide bonds. The fraction of sp³-hybridized carbons (Fsp3) is 0.500. The second kappa shape index (κ2) is 7.47. The second-order valence-corrected chi connectivity index (χ2v) is 6.85. The minimum Gasteiger partial charge on any atom is -0.344 e. The van der Waals surface area contributed by atoms with Gasteiger partial charge in [-0.25, -0.2) is 0 Å². The molecule has 1 heterocycles. The molecule has 0 bridgehead atoms. The van der Waals surface area contributed by atoms with Crippen molar-refractivity contribution in [3.8, 4) is 0 Å². The highest BCUT2D eigenvalue weighted by Gasteiger charge is 2.20. The summed E-state index contributed by atoms with van der Waals surface area (Å²) in [4.78, 5) is 14.6. The van der Waals surface area contributed by atoms with Crippen molar-refractivity contribution in [3.05, 3.63) is 35.7 Å². The first kappa shape index (κ1) is 18.0. The smallest absolute Gasteiger partial charge is 0.293 e. The van der Waals surface area contributed by atoms with Gasteiger partial charge in [-0.2, -0.15) is 0 Å². The number of anilines is 2. The lowest BCUT2D eigenvalue weighted by Gasteiger charge is -2.19. The number of rotatable bonds is 6. The van der Waals surface area contributed by atoms with Crippen molar-refractivity contribution in [2.45, 2.75) is 33.6 Å². The molecule has 0 aliphatic heterocycles. The summed E-state index contributed by atoms with van der Waals surface area (Å²) in [6.07, 6.45) is 0. The molecule has 1 N–H and O–H groups in total. The van der Waals surface area contributed by atoms with Gasteiger partial charge in [0.1, 0.15) is 0 Å². The molecule has 0 aliphatic rings. The van der Waals surface area contributed by atoms with Crippen molar-refractivity contribution in [1.82, 2.24) is 14.8 Å². The summed E-state index contributed by atoms with van der Waals surface area (Å²) in [6.45, 7) is 9.34. The molecule has 130 valence electrons. The monoisotopic (exact) mass is 329 g/mol. The van der Waals surface area contributed by atoms with Crippen LogP contribution in [0, 0.1) is 5.92 Å². The van der Waals surface area contributed by atoms with E-state index in [4.69, 9.17) is 0 Å². The number of benzene rings is 1. The molecule has 6 heteroatoms. The van der Waals surface area contributed by atoms with Crippen molar-refractivity contribution < 1.29 is 4.79 Å². The third-order valence-corrected chi connectivity index (χ3v) is 3.87. The maximum absolute atomic E-state index is 12.6. The van der Waals surface area contributed by atoms with Crippen LogP contribution in [-0.4, -0.2) is 34.3 Å². The Morgan fingerprint density at radius 2 is 1.88 bits per heavy atom. The predicted octanol–water partition coefficient (Wildman–Crippen LogP) is 3.28. The van der Waals surface area contributed by atoms with Gasteiger partial charge < -0.3 is 10.2 Å². The van der Waals surface area contributed by atoms with Gasteiger partial charge in [0.25, 0.3) is 5.91 Å². The Kier molecular flexibility index (Phi) is 5.59. The van der Waals surface area contributed by atoms with Crippen LogP contribution in [0.5, 0.6) is 0 Å². The minimum absolute atomic E-state index is 0.248. The highest BCUT2D eigenvalue weighted by molar-refractivity contribution is 6.02. The average molecular weight is 329 g/mol. The molecule has 0 fully saturated rings. The first-order chi connectivity index (χ1) is 11.3. The van der Waals surface area contributed by atoms with Gasteiger partial charge >= 0.3 is 0 Å². The molecular weight excluding hydrogens is 302 g/mol. The molecule has 1 aromatic heterocycles. The Hall–Kier alpha value is -2.37. The Morgan fingerprint density at radius 3 is 2.50 bits per heavy atom. The molecule has 0 unspecified atom stereocenters. The lowest BCUT2D eigenvalue weighted by molar-refractivity contribution is 0.101. The maximum atomic E-state index is 12.6. The molecule has 1 aromatic carbocycles. The summed E-state index contributed by atoms with van der Waals surface area (Å²) in [6, 6.07) is 7.83. The molecule has 0 radical (unpaired) electrons. The lowest BCUT2D eigenvalue weighted by Crippen LogP contribution is -2.26. The van der Waals surface area contributed by atoms with Crippen LogP contribution in [0.25, 0.3) is 0 Å². The van der Waals surface area contributed by atoms with E-state index in [2.05, 4.69) is 43.2 Å². The summed E-state index contributed by atoms with van der Waals surface area (Å²) < 4.78 is 1.73. The quantitative estimate of drug-likeness (QED) is 0.883. The highest BCUT2D eigenvalue weighted by atomic mass is 16.2. The fourth-order valence-corrected chi connectivity index (χ4v) is 2.77. The van der Waals surface area contributed by atoms with Gasteiger partial charge in [0.2, 0.25) is 11.8 Å². The van der Waals surface area contributed by atoms with Crippen molar-refractivity contribution >= 4 is 17.5 Å². The Bertz CT molecular complexity index is 705. The maximum Gasteiger partial charge on any atom is 0.293 e. The van der Waals surface area contributed by atoms with Crippen LogP contribution in [0.4, 0.5) is 11.6 Å². The van der Waals surface area contributed by atoms with E-state index in [1.807, 2.05) is 43.3 Å². The van der Waals surface area contributed by atoms with E-state index in [-0.39, 0.29) is 5.91 Å². The fourth-order valence-electron chi connectivity index (χ4n) is 2.77. The summed E-state index contributed by atoms with van der Waals surface area (Å²) in [5.74, 6) is 1.57. The predicted molar refractivity (Wildman–Crippen MR) is 97.6 cm³/mol. The average Bonchev–Trinajstić information content (AvgIpc) is 2.88. The largest absolute Gasteiger partial charge is 0.344 e. The highest BCUT2D eigenvalue weighted by Crippen LogP contribution is 2.24. The number of carbonyl (C=O) groups excluding carboxylic acids is 1. The molecule has 0 spiro atoms. The van der Waals surface area contributed by atoms with Crippen molar-refractivity contribution in [3.63, 3.8) is 0 Å². The van der Waals surface area contributed by atoms with Gasteiger partial charge in [0.15, 0.2) is 0 Å². The van der Waals surface area contributed by atoms with Gasteiger partial charge in [-0.15, -0.1) is 10.2 Å². The number of amides is 1. The number of nitrogens with zero attached hydrogens (tertiary/aromatic N) is 4. The summed E-state index contributed by atoms with van der Waals surface area (Å²) in [5.41, 5.74) is 1.92. The Morgan fingerprint density at radius 1 is 1.21 bits per heavy atom. The van der Waals surface area contributed by atoms with Gasteiger partial charge in [-0.1, -0.05) is 45.9 Å².